The standard InChI is InChI=1S/C22H29N3O2S/c1-22(2)20(15-6-8-25(22)9-7-15)23-21(26)18-14-16-4-3-5-17(19(16)28-18)24-10-12-27-13-11-24/h3-5,14-15,20H,6-13H2,1-2H3,(H,23,26)/t20-/m1/s1. The number of carbonyl (C=O) groups excluding carboxylic acids is 1. The molecule has 2 aromatic rings. The summed E-state index contributed by atoms with van der Waals surface area (Å²) in [4.78, 5) is 18.9. The first-order valence-electron chi connectivity index (χ1n) is 10.5. The fourth-order valence-corrected chi connectivity index (χ4v) is 6.41. The van der Waals surface area contributed by atoms with Gasteiger partial charge in [0.05, 0.1) is 28.5 Å². The van der Waals surface area contributed by atoms with Gasteiger partial charge in [0.15, 0.2) is 0 Å². The van der Waals surface area contributed by atoms with E-state index in [0.29, 0.717) is 5.92 Å². The normalized spacial score (nSPS) is 29.2. The Kier molecular flexibility index (Phi) is 4.61. The molecule has 28 heavy (non-hydrogen) atoms. The SMILES string of the molecule is CC1(C)[C@H](NC(=O)c2cc3cccc(N4CCOCC4)c3s2)C2CCN1CC2. The van der Waals surface area contributed by atoms with Crippen LogP contribution in [0.5, 0.6) is 0 Å². The number of piperidine rings is 3. The summed E-state index contributed by atoms with van der Waals surface area (Å²) in [6.45, 7) is 10.2. The minimum Gasteiger partial charge on any atom is -0.378 e. The number of nitrogens with zero attached hydrogens (tertiary/aromatic N) is 2. The molecule has 1 aromatic carbocycles. The number of nitrogens with one attached hydrogen (secondary N) is 1. The number of carbonyl (C=O) groups is 1. The number of benzene rings is 1. The lowest BCUT2D eigenvalue weighted by atomic mass is 9.72. The molecule has 4 saturated heterocycles. The smallest absolute Gasteiger partial charge is 0.261 e. The number of amides is 1. The van der Waals surface area contributed by atoms with Crippen molar-refractivity contribution in [2.45, 2.75) is 38.3 Å². The van der Waals surface area contributed by atoms with Crippen LogP contribution in [0.15, 0.2) is 24.3 Å². The van der Waals surface area contributed by atoms with Crippen molar-refractivity contribution >= 4 is 33.0 Å². The number of anilines is 1. The summed E-state index contributed by atoms with van der Waals surface area (Å²) < 4.78 is 6.71. The van der Waals surface area contributed by atoms with Crippen LogP contribution in [0.1, 0.15) is 36.4 Å². The van der Waals surface area contributed by atoms with Crippen LogP contribution in [0.4, 0.5) is 5.69 Å². The molecule has 2 bridgehead atoms. The van der Waals surface area contributed by atoms with Gasteiger partial charge in [-0.05, 0) is 63.2 Å². The Balaban J connectivity index is 1.41. The van der Waals surface area contributed by atoms with E-state index in [1.165, 1.54) is 23.2 Å². The van der Waals surface area contributed by atoms with Crippen molar-refractivity contribution in [3.8, 4) is 0 Å². The van der Waals surface area contributed by atoms with Crippen molar-refractivity contribution in [3.63, 3.8) is 0 Å². The van der Waals surface area contributed by atoms with Gasteiger partial charge < -0.3 is 15.0 Å². The van der Waals surface area contributed by atoms with E-state index in [1.807, 2.05) is 0 Å². The van der Waals surface area contributed by atoms with Crippen LogP contribution in [-0.4, -0.2) is 61.8 Å². The summed E-state index contributed by atoms with van der Waals surface area (Å²) >= 11 is 1.63. The van der Waals surface area contributed by atoms with Gasteiger partial charge in [0, 0.05) is 24.7 Å². The van der Waals surface area contributed by atoms with Gasteiger partial charge in [-0.2, -0.15) is 0 Å². The quantitative estimate of drug-likeness (QED) is 0.860. The van der Waals surface area contributed by atoms with Gasteiger partial charge in [-0.15, -0.1) is 11.3 Å². The van der Waals surface area contributed by atoms with Gasteiger partial charge >= 0.3 is 0 Å². The van der Waals surface area contributed by atoms with Crippen molar-refractivity contribution < 1.29 is 9.53 Å². The van der Waals surface area contributed by atoms with Crippen LogP contribution < -0.4 is 10.2 Å². The molecule has 150 valence electrons. The van der Waals surface area contributed by atoms with Crippen LogP contribution in [0.3, 0.4) is 0 Å². The van der Waals surface area contributed by atoms with Crippen molar-refractivity contribution in [2.24, 2.45) is 5.92 Å². The van der Waals surface area contributed by atoms with Gasteiger partial charge in [0.1, 0.15) is 0 Å². The van der Waals surface area contributed by atoms with E-state index in [4.69, 9.17) is 4.74 Å². The summed E-state index contributed by atoms with van der Waals surface area (Å²) in [5.74, 6) is 0.684. The van der Waals surface area contributed by atoms with Crippen LogP contribution in [0.25, 0.3) is 10.1 Å². The minimum absolute atomic E-state index is 0.0342. The monoisotopic (exact) mass is 399 g/mol. The van der Waals surface area contributed by atoms with Gasteiger partial charge in [-0.3, -0.25) is 9.69 Å². The Bertz CT molecular complexity index is 879. The molecular weight excluding hydrogens is 370 g/mol. The third-order valence-electron chi connectivity index (χ3n) is 6.97. The fraction of sp³-hybridized carbons (Fsp3) is 0.591. The first kappa shape index (κ1) is 18.4. The summed E-state index contributed by atoms with van der Waals surface area (Å²) in [7, 11) is 0. The summed E-state index contributed by atoms with van der Waals surface area (Å²) in [6.07, 6.45) is 2.39. The molecule has 0 spiro atoms. The van der Waals surface area contributed by atoms with Crippen molar-refractivity contribution in [1.29, 1.82) is 0 Å². The molecule has 0 unspecified atom stereocenters. The molecule has 0 aliphatic carbocycles. The first-order valence-corrected chi connectivity index (χ1v) is 11.3. The zero-order valence-electron chi connectivity index (χ0n) is 16.7. The first-order chi connectivity index (χ1) is 13.5. The number of morpholine rings is 1. The molecule has 1 amide bonds. The van der Waals surface area contributed by atoms with Crippen LogP contribution in [0.2, 0.25) is 0 Å². The van der Waals surface area contributed by atoms with E-state index in [1.54, 1.807) is 11.3 Å². The summed E-state index contributed by atoms with van der Waals surface area (Å²) in [5.41, 5.74) is 1.26. The van der Waals surface area contributed by atoms with Crippen molar-refractivity contribution in [1.82, 2.24) is 10.2 Å². The van der Waals surface area contributed by atoms with E-state index < -0.39 is 0 Å². The molecule has 4 fully saturated rings. The molecule has 4 aliphatic rings. The molecule has 6 rings (SSSR count). The van der Waals surface area contributed by atoms with Gasteiger partial charge in [0.25, 0.3) is 5.91 Å². The molecule has 0 radical (unpaired) electrons. The molecule has 1 aromatic heterocycles. The Morgan fingerprint density at radius 2 is 1.93 bits per heavy atom. The second kappa shape index (κ2) is 7.01. The highest BCUT2D eigenvalue weighted by Gasteiger charge is 2.48. The second-order valence-corrected chi connectivity index (χ2v) is 9.89. The van der Waals surface area contributed by atoms with Crippen LogP contribution >= 0.6 is 11.3 Å². The van der Waals surface area contributed by atoms with E-state index in [9.17, 15) is 4.79 Å². The van der Waals surface area contributed by atoms with Crippen LogP contribution in [0, 0.1) is 5.92 Å². The topological polar surface area (TPSA) is 44.8 Å². The number of hydrogen-bond acceptors (Lipinski definition) is 5. The van der Waals surface area contributed by atoms with E-state index in [0.717, 1.165) is 49.7 Å². The highest BCUT2D eigenvalue weighted by molar-refractivity contribution is 7.21. The third kappa shape index (κ3) is 3.02. The third-order valence-corrected chi connectivity index (χ3v) is 8.14. The lowest BCUT2D eigenvalue weighted by molar-refractivity contribution is -0.0377. The number of ether oxygens (including phenoxy) is 1. The lowest BCUT2D eigenvalue weighted by Gasteiger charge is -2.56. The average Bonchev–Trinajstić information content (AvgIpc) is 3.16. The van der Waals surface area contributed by atoms with Gasteiger partial charge in [0.2, 0.25) is 0 Å². The lowest BCUT2D eigenvalue weighted by Crippen LogP contribution is -2.69. The highest BCUT2D eigenvalue weighted by Crippen LogP contribution is 2.40. The maximum absolute atomic E-state index is 13.2. The predicted molar refractivity (Wildman–Crippen MR) is 114 cm³/mol. The van der Waals surface area contributed by atoms with E-state index in [-0.39, 0.29) is 17.5 Å². The Morgan fingerprint density at radius 3 is 2.64 bits per heavy atom. The number of thiophene rings is 1. The Labute approximate surface area is 170 Å². The highest BCUT2D eigenvalue weighted by atomic mass is 32.1. The molecule has 1 N–H and O–H groups in total. The zero-order chi connectivity index (χ0) is 19.3. The minimum atomic E-state index is 0.0342. The molecule has 6 heteroatoms. The molecular formula is C22H29N3O2S. The van der Waals surface area contributed by atoms with E-state index in [2.05, 4.69) is 53.2 Å². The number of rotatable bonds is 3. The van der Waals surface area contributed by atoms with Crippen molar-refractivity contribution in [2.75, 3.05) is 44.3 Å². The largest absolute Gasteiger partial charge is 0.378 e. The van der Waals surface area contributed by atoms with Gasteiger partial charge in [-0.25, -0.2) is 0 Å². The summed E-state index contributed by atoms with van der Waals surface area (Å²) in [5, 5.41) is 4.57. The fourth-order valence-electron chi connectivity index (χ4n) is 5.30. The molecule has 5 heterocycles. The maximum atomic E-state index is 13.2. The number of fused-ring (bicyclic) bond motifs is 4. The van der Waals surface area contributed by atoms with Crippen molar-refractivity contribution in [3.05, 3.63) is 29.1 Å². The van der Waals surface area contributed by atoms with Gasteiger partial charge in [-0.1, -0.05) is 12.1 Å². The Morgan fingerprint density at radius 1 is 1.18 bits per heavy atom. The molecule has 4 aliphatic heterocycles. The molecule has 5 nitrogen and oxygen atoms in total. The maximum Gasteiger partial charge on any atom is 0.261 e. The average molecular weight is 400 g/mol. The summed E-state index contributed by atoms with van der Waals surface area (Å²) in [6, 6.07) is 8.67. The zero-order valence-corrected chi connectivity index (χ0v) is 17.6. The molecule has 0 saturated carbocycles. The number of hydrogen-bond donors (Lipinski definition) is 1. The predicted octanol–water partition coefficient (Wildman–Crippen LogP) is 3.34. The molecule has 1 atom stereocenters. The van der Waals surface area contributed by atoms with E-state index >= 15 is 0 Å². The van der Waals surface area contributed by atoms with Crippen LogP contribution in [-0.2, 0) is 4.74 Å². The Hall–Kier alpha value is -1.63. The second-order valence-electron chi connectivity index (χ2n) is 8.83.